The van der Waals surface area contributed by atoms with Crippen molar-refractivity contribution < 1.29 is 8.81 Å². The summed E-state index contributed by atoms with van der Waals surface area (Å²) in [6.45, 7) is 1.92. The van der Waals surface area contributed by atoms with Crippen LogP contribution in [0.1, 0.15) is 23.8 Å². The predicted molar refractivity (Wildman–Crippen MR) is 76.0 cm³/mol. The lowest BCUT2D eigenvalue weighted by Gasteiger charge is -2.18. The summed E-state index contributed by atoms with van der Waals surface area (Å²) in [5, 5.41) is 1.49. The molecule has 1 aromatic heterocycles. The highest BCUT2D eigenvalue weighted by molar-refractivity contribution is 5.78. The van der Waals surface area contributed by atoms with Crippen molar-refractivity contribution in [2.75, 3.05) is 12.1 Å². The first-order valence-corrected chi connectivity index (χ1v) is 6.15. The van der Waals surface area contributed by atoms with Crippen molar-refractivity contribution in [3.63, 3.8) is 0 Å². The Bertz CT molecular complexity index is 574. The molecule has 3 nitrogen and oxygen atoms in total. The van der Waals surface area contributed by atoms with Crippen LogP contribution in [0.2, 0.25) is 0 Å². The van der Waals surface area contributed by atoms with Gasteiger partial charge in [-0.2, -0.15) is 0 Å². The van der Waals surface area contributed by atoms with Crippen LogP contribution in [0.15, 0.2) is 34.9 Å². The fourth-order valence-electron chi connectivity index (χ4n) is 2.03. The third-order valence-corrected chi connectivity index (χ3v) is 2.97. The Kier molecular flexibility index (Phi) is 4.02. The number of hydrogen-bond donors (Lipinski definition) is 1. The van der Waals surface area contributed by atoms with Crippen LogP contribution in [0, 0.1) is 5.82 Å². The molecule has 2 N–H and O–H groups in total. The lowest BCUT2D eigenvalue weighted by atomic mass is 10.0. The van der Waals surface area contributed by atoms with E-state index in [4.69, 9.17) is 10.3 Å². The molecule has 100 valence electrons. The summed E-state index contributed by atoms with van der Waals surface area (Å²) < 4.78 is 19.1. The van der Waals surface area contributed by atoms with E-state index in [-0.39, 0.29) is 5.82 Å². The maximum Gasteiger partial charge on any atom is 0.127 e. The van der Waals surface area contributed by atoms with Crippen molar-refractivity contribution in [3.05, 3.63) is 53.2 Å². The van der Waals surface area contributed by atoms with Gasteiger partial charge in [0.25, 0.3) is 0 Å². The zero-order chi connectivity index (χ0) is 13.8. The normalized spacial score (nSPS) is 11.2. The molecule has 0 unspecified atom stereocenters. The van der Waals surface area contributed by atoms with Gasteiger partial charge in [0.1, 0.15) is 11.6 Å². The smallest absolute Gasteiger partial charge is 0.127 e. The van der Waals surface area contributed by atoms with Gasteiger partial charge in [0.2, 0.25) is 0 Å². The summed E-state index contributed by atoms with van der Waals surface area (Å²) >= 11 is 0. The second kappa shape index (κ2) is 5.71. The van der Waals surface area contributed by atoms with Crippen LogP contribution >= 0.6 is 0 Å². The van der Waals surface area contributed by atoms with E-state index in [0.29, 0.717) is 12.0 Å². The van der Waals surface area contributed by atoms with Crippen molar-refractivity contribution in [1.29, 1.82) is 0 Å². The largest absolute Gasteiger partial charge is 0.465 e. The van der Waals surface area contributed by atoms with E-state index >= 15 is 0 Å². The molecule has 0 aliphatic carbocycles. The van der Waals surface area contributed by atoms with Crippen LogP contribution in [0.25, 0.3) is 12.2 Å². The molecule has 0 saturated heterocycles. The van der Waals surface area contributed by atoms with Gasteiger partial charge >= 0.3 is 0 Å². The zero-order valence-electron chi connectivity index (χ0n) is 11.1. The molecule has 4 heteroatoms. The van der Waals surface area contributed by atoms with Gasteiger partial charge in [0.15, 0.2) is 0 Å². The van der Waals surface area contributed by atoms with E-state index in [0.717, 1.165) is 17.0 Å². The molecule has 0 atom stereocenters. The number of nitrogens with zero attached hydrogens (tertiary/aromatic N) is 1. The van der Waals surface area contributed by atoms with Crippen molar-refractivity contribution in [2.45, 2.75) is 13.3 Å². The van der Waals surface area contributed by atoms with E-state index in [2.05, 4.69) is 0 Å². The molecule has 19 heavy (non-hydrogen) atoms. The summed E-state index contributed by atoms with van der Waals surface area (Å²) in [6, 6.07) is 6.77. The average molecular weight is 260 g/mol. The number of rotatable bonds is 4. The summed E-state index contributed by atoms with van der Waals surface area (Å²) in [7, 11) is 1.73. The Balaban J connectivity index is 2.49. The van der Waals surface area contributed by atoms with Crippen LogP contribution in [-0.2, 0) is 6.42 Å². The van der Waals surface area contributed by atoms with Crippen LogP contribution in [-0.4, -0.2) is 7.05 Å². The minimum absolute atomic E-state index is 0.216. The highest BCUT2D eigenvalue weighted by Gasteiger charge is 2.11. The standard InChI is InChI=1S/C15H17FN2O/c1-3-12-13(7-6-11-5-4-10-19-11)15(18(2)17)9-8-14(12)16/h4-10H,3,17H2,1-2H3/b7-6+. The SMILES string of the molecule is CCc1c(F)ccc(N(C)N)c1/C=C/c1ccco1. The van der Waals surface area contributed by atoms with Gasteiger partial charge in [-0.25, -0.2) is 10.2 Å². The van der Waals surface area contributed by atoms with Crippen molar-refractivity contribution >= 4 is 17.8 Å². The lowest BCUT2D eigenvalue weighted by Crippen LogP contribution is -2.26. The number of nitrogens with two attached hydrogens (primary N) is 1. The molecule has 0 bridgehead atoms. The Morgan fingerprint density at radius 2 is 2.11 bits per heavy atom. The third kappa shape index (κ3) is 2.85. The first kappa shape index (κ1) is 13.4. The second-order valence-corrected chi connectivity index (χ2v) is 4.27. The first-order valence-electron chi connectivity index (χ1n) is 6.15. The average Bonchev–Trinajstić information content (AvgIpc) is 2.89. The quantitative estimate of drug-likeness (QED) is 0.676. The van der Waals surface area contributed by atoms with E-state index in [9.17, 15) is 4.39 Å². The lowest BCUT2D eigenvalue weighted by molar-refractivity contribution is 0.557. The molecule has 0 aliphatic rings. The molecule has 0 saturated carbocycles. The molecule has 0 radical (unpaired) electrons. The number of furan rings is 1. The maximum absolute atomic E-state index is 13.8. The van der Waals surface area contributed by atoms with Gasteiger partial charge in [-0.15, -0.1) is 0 Å². The zero-order valence-corrected chi connectivity index (χ0v) is 11.1. The van der Waals surface area contributed by atoms with Gasteiger partial charge in [-0.1, -0.05) is 6.92 Å². The Hall–Kier alpha value is -2.07. The fraction of sp³-hybridized carbons (Fsp3) is 0.200. The number of hydrazine groups is 1. The minimum atomic E-state index is -0.216. The summed E-state index contributed by atoms with van der Waals surface area (Å²) in [6.07, 6.45) is 5.84. The van der Waals surface area contributed by atoms with Crippen LogP contribution < -0.4 is 10.9 Å². The van der Waals surface area contributed by atoms with E-state index < -0.39 is 0 Å². The second-order valence-electron chi connectivity index (χ2n) is 4.27. The molecule has 2 aromatic rings. The number of anilines is 1. The van der Waals surface area contributed by atoms with Gasteiger partial charge in [0, 0.05) is 12.6 Å². The minimum Gasteiger partial charge on any atom is -0.465 e. The highest BCUT2D eigenvalue weighted by atomic mass is 19.1. The van der Waals surface area contributed by atoms with Crippen molar-refractivity contribution in [1.82, 2.24) is 0 Å². The molecular formula is C15H17FN2O. The van der Waals surface area contributed by atoms with E-state index in [1.54, 1.807) is 25.5 Å². The molecule has 1 aromatic carbocycles. The van der Waals surface area contributed by atoms with Crippen molar-refractivity contribution in [3.8, 4) is 0 Å². The third-order valence-electron chi connectivity index (χ3n) is 2.97. The monoisotopic (exact) mass is 260 g/mol. The molecule has 1 heterocycles. The first-order chi connectivity index (χ1) is 9.13. The number of benzene rings is 1. The van der Waals surface area contributed by atoms with Crippen molar-refractivity contribution in [2.24, 2.45) is 5.84 Å². The Morgan fingerprint density at radius 3 is 2.68 bits per heavy atom. The highest BCUT2D eigenvalue weighted by Crippen LogP contribution is 2.27. The van der Waals surface area contributed by atoms with Gasteiger partial charge < -0.3 is 9.43 Å². The van der Waals surface area contributed by atoms with Crippen LogP contribution in [0.4, 0.5) is 10.1 Å². The Labute approximate surface area is 112 Å². The van der Waals surface area contributed by atoms with Gasteiger partial charge in [0.05, 0.1) is 12.0 Å². The molecule has 0 fully saturated rings. The maximum atomic E-state index is 13.8. The summed E-state index contributed by atoms with van der Waals surface area (Å²) in [5.41, 5.74) is 2.21. The molecular weight excluding hydrogens is 243 g/mol. The molecule has 0 aliphatic heterocycles. The number of halogens is 1. The predicted octanol–water partition coefficient (Wildman–Crippen LogP) is 3.46. The summed E-state index contributed by atoms with van der Waals surface area (Å²) in [4.78, 5) is 0. The molecule has 0 amide bonds. The van der Waals surface area contributed by atoms with Gasteiger partial charge in [-0.05, 0) is 48.4 Å². The van der Waals surface area contributed by atoms with Gasteiger partial charge in [-0.3, -0.25) is 0 Å². The molecule has 2 rings (SSSR count). The number of hydrogen-bond acceptors (Lipinski definition) is 3. The Morgan fingerprint density at radius 1 is 1.32 bits per heavy atom. The van der Waals surface area contributed by atoms with Crippen LogP contribution in [0.3, 0.4) is 0 Å². The van der Waals surface area contributed by atoms with E-state index in [1.807, 2.05) is 25.1 Å². The summed E-state index contributed by atoms with van der Waals surface area (Å²) in [5.74, 6) is 6.29. The van der Waals surface area contributed by atoms with Crippen LogP contribution in [0.5, 0.6) is 0 Å². The molecule has 0 spiro atoms. The fourth-order valence-corrected chi connectivity index (χ4v) is 2.03. The topological polar surface area (TPSA) is 42.4 Å². The van der Waals surface area contributed by atoms with E-state index in [1.165, 1.54) is 11.1 Å².